The number of hydrogen-bond donors (Lipinski definition) is 1. The summed E-state index contributed by atoms with van der Waals surface area (Å²) in [5, 5.41) is 3.05. The quantitative estimate of drug-likeness (QED) is 0.534. The fourth-order valence-electron chi connectivity index (χ4n) is 1.72. The maximum atomic E-state index is 12.2. The van der Waals surface area contributed by atoms with Crippen molar-refractivity contribution >= 4 is 5.91 Å². The Kier molecular flexibility index (Phi) is 7.54. The molecule has 20 heavy (non-hydrogen) atoms. The van der Waals surface area contributed by atoms with Gasteiger partial charge < -0.3 is 15.1 Å². The summed E-state index contributed by atoms with van der Waals surface area (Å²) in [6.45, 7) is 6.74. The van der Waals surface area contributed by atoms with Gasteiger partial charge in [0.1, 0.15) is 0 Å². The number of nitrogens with zero attached hydrogens (tertiary/aromatic N) is 3. The number of amides is 1. The van der Waals surface area contributed by atoms with E-state index in [1.807, 2.05) is 31.1 Å². The highest BCUT2D eigenvalue weighted by molar-refractivity contribution is 5.78. The van der Waals surface area contributed by atoms with E-state index in [1.54, 1.807) is 18.5 Å². The number of rotatable bonds is 9. The minimum absolute atomic E-state index is 0.0950. The molecule has 1 rings (SSSR count). The number of hydrogen-bond acceptors (Lipinski definition) is 4. The number of carbonyl (C=O) groups is 1. The van der Waals surface area contributed by atoms with Crippen LogP contribution in [0.15, 0.2) is 37.2 Å². The largest absolute Gasteiger partial charge is 0.336 e. The monoisotopic (exact) mass is 276 g/mol. The molecule has 0 aliphatic carbocycles. The van der Waals surface area contributed by atoms with Gasteiger partial charge in [-0.15, -0.1) is 6.58 Å². The molecule has 1 aromatic heterocycles. The minimum atomic E-state index is 0.0950. The summed E-state index contributed by atoms with van der Waals surface area (Å²) in [7, 11) is 4.01. The van der Waals surface area contributed by atoms with Gasteiger partial charge in [0.05, 0.1) is 6.54 Å². The minimum Gasteiger partial charge on any atom is -0.336 e. The van der Waals surface area contributed by atoms with E-state index in [2.05, 4.69) is 21.8 Å². The molecule has 0 saturated heterocycles. The number of aromatic nitrogens is 1. The van der Waals surface area contributed by atoms with Crippen LogP contribution in [0.4, 0.5) is 0 Å². The molecule has 0 radical (unpaired) electrons. The van der Waals surface area contributed by atoms with Gasteiger partial charge in [0, 0.05) is 38.6 Å². The second-order valence-electron chi connectivity index (χ2n) is 4.90. The van der Waals surface area contributed by atoms with Gasteiger partial charge in [0.2, 0.25) is 5.91 Å². The van der Waals surface area contributed by atoms with Crippen LogP contribution in [0.25, 0.3) is 0 Å². The van der Waals surface area contributed by atoms with Crippen LogP contribution in [0.5, 0.6) is 0 Å². The summed E-state index contributed by atoms with van der Waals surface area (Å²) < 4.78 is 0. The molecule has 1 N–H and O–H groups in total. The SMILES string of the molecule is C=CCNCC(=O)N(CCN(C)C)Cc1cccnc1. The lowest BCUT2D eigenvalue weighted by atomic mass is 10.2. The Morgan fingerprint density at radius 1 is 1.45 bits per heavy atom. The smallest absolute Gasteiger partial charge is 0.236 e. The molecule has 1 amide bonds. The normalized spacial score (nSPS) is 10.6. The van der Waals surface area contributed by atoms with Crippen molar-refractivity contribution in [3.05, 3.63) is 42.7 Å². The van der Waals surface area contributed by atoms with E-state index in [-0.39, 0.29) is 5.91 Å². The van der Waals surface area contributed by atoms with E-state index in [0.717, 1.165) is 12.1 Å². The lowest BCUT2D eigenvalue weighted by molar-refractivity contribution is -0.131. The molecule has 0 aliphatic rings. The van der Waals surface area contributed by atoms with Crippen molar-refractivity contribution in [3.63, 3.8) is 0 Å². The summed E-state index contributed by atoms with van der Waals surface area (Å²) in [6.07, 6.45) is 5.28. The van der Waals surface area contributed by atoms with Crippen molar-refractivity contribution in [1.29, 1.82) is 0 Å². The Hall–Kier alpha value is -1.72. The number of nitrogens with one attached hydrogen (secondary N) is 1. The molecule has 110 valence electrons. The first-order chi connectivity index (χ1) is 9.63. The Morgan fingerprint density at radius 3 is 2.85 bits per heavy atom. The summed E-state index contributed by atoms with van der Waals surface area (Å²) >= 11 is 0. The third kappa shape index (κ3) is 6.45. The average Bonchev–Trinajstić information content (AvgIpc) is 2.44. The van der Waals surface area contributed by atoms with Crippen LogP contribution in [-0.2, 0) is 11.3 Å². The Bertz CT molecular complexity index is 406. The molecular formula is C15H24N4O. The van der Waals surface area contributed by atoms with Gasteiger partial charge in [-0.1, -0.05) is 12.1 Å². The lowest BCUT2D eigenvalue weighted by Crippen LogP contribution is -2.41. The van der Waals surface area contributed by atoms with Crippen LogP contribution in [0.3, 0.4) is 0 Å². The maximum absolute atomic E-state index is 12.2. The van der Waals surface area contributed by atoms with Crippen molar-refractivity contribution in [2.75, 3.05) is 40.3 Å². The number of likely N-dealkylation sites (N-methyl/N-ethyl adjacent to an activating group) is 1. The molecule has 0 spiro atoms. The molecule has 5 heteroatoms. The van der Waals surface area contributed by atoms with Crippen LogP contribution in [0, 0.1) is 0 Å². The zero-order valence-corrected chi connectivity index (χ0v) is 12.4. The van der Waals surface area contributed by atoms with E-state index >= 15 is 0 Å². The van der Waals surface area contributed by atoms with E-state index in [1.165, 1.54) is 0 Å². The van der Waals surface area contributed by atoms with Crippen LogP contribution in [0.1, 0.15) is 5.56 Å². The first-order valence-corrected chi connectivity index (χ1v) is 6.76. The predicted molar refractivity (Wildman–Crippen MR) is 81.3 cm³/mol. The molecule has 0 fully saturated rings. The Labute approximate surface area is 121 Å². The second-order valence-corrected chi connectivity index (χ2v) is 4.90. The molecule has 0 saturated carbocycles. The zero-order valence-electron chi connectivity index (χ0n) is 12.4. The van der Waals surface area contributed by atoms with E-state index < -0.39 is 0 Å². The van der Waals surface area contributed by atoms with Gasteiger partial charge in [-0.25, -0.2) is 0 Å². The van der Waals surface area contributed by atoms with E-state index in [9.17, 15) is 4.79 Å². The fraction of sp³-hybridized carbons (Fsp3) is 0.467. The van der Waals surface area contributed by atoms with Crippen molar-refractivity contribution in [3.8, 4) is 0 Å². The number of carbonyl (C=O) groups excluding carboxylic acids is 1. The van der Waals surface area contributed by atoms with Gasteiger partial charge in [-0.05, 0) is 25.7 Å². The highest BCUT2D eigenvalue weighted by atomic mass is 16.2. The molecular weight excluding hydrogens is 252 g/mol. The van der Waals surface area contributed by atoms with Crippen molar-refractivity contribution < 1.29 is 4.79 Å². The average molecular weight is 276 g/mol. The van der Waals surface area contributed by atoms with Gasteiger partial charge in [-0.3, -0.25) is 9.78 Å². The van der Waals surface area contributed by atoms with E-state index in [0.29, 0.717) is 26.2 Å². The van der Waals surface area contributed by atoms with Gasteiger partial charge in [0.25, 0.3) is 0 Å². The second kappa shape index (κ2) is 9.23. The fourth-order valence-corrected chi connectivity index (χ4v) is 1.72. The van der Waals surface area contributed by atoms with Crippen LogP contribution < -0.4 is 5.32 Å². The highest BCUT2D eigenvalue weighted by Crippen LogP contribution is 2.03. The molecule has 0 atom stereocenters. The standard InChI is InChI=1S/C15H24N4O/c1-4-7-16-12-15(20)19(10-9-18(2)3)13-14-6-5-8-17-11-14/h4-6,8,11,16H,1,7,9-10,12-13H2,2-3H3. The predicted octanol–water partition coefficient (Wildman–Crippen LogP) is 0.747. The first-order valence-electron chi connectivity index (χ1n) is 6.76. The van der Waals surface area contributed by atoms with E-state index in [4.69, 9.17) is 0 Å². The van der Waals surface area contributed by atoms with Crippen LogP contribution >= 0.6 is 0 Å². The van der Waals surface area contributed by atoms with Crippen molar-refractivity contribution in [1.82, 2.24) is 20.1 Å². The van der Waals surface area contributed by atoms with Crippen LogP contribution in [-0.4, -0.2) is 61.0 Å². The third-order valence-corrected chi connectivity index (χ3v) is 2.83. The number of pyridine rings is 1. The zero-order chi connectivity index (χ0) is 14.8. The summed E-state index contributed by atoms with van der Waals surface area (Å²) in [6, 6.07) is 3.88. The molecule has 1 heterocycles. The summed E-state index contributed by atoms with van der Waals surface area (Å²) in [4.78, 5) is 20.2. The summed E-state index contributed by atoms with van der Waals surface area (Å²) in [5.41, 5.74) is 1.04. The Morgan fingerprint density at radius 2 is 2.25 bits per heavy atom. The molecule has 0 aliphatic heterocycles. The molecule has 0 bridgehead atoms. The maximum Gasteiger partial charge on any atom is 0.236 e. The lowest BCUT2D eigenvalue weighted by Gasteiger charge is -2.24. The molecule has 5 nitrogen and oxygen atoms in total. The van der Waals surface area contributed by atoms with Gasteiger partial charge in [-0.2, -0.15) is 0 Å². The van der Waals surface area contributed by atoms with Gasteiger partial charge >= 0.3 is 0 Å². The molecule has 0 aromatic carbocycles. The summed E-state index contributed by atoms with van der Waals surface area (Å²) in [5.74, 6) is 0.0950. The van der Waals surface area contributed by atoms with Crippen molar-refractivity contribution in [2.24, 2.45) is 0 Å². The first kappa shape index (κ1) is 16.3. The topological polar surface area (TPSA) is 48.5 Å². The highest BCUT2D eigenvalue weighted by Gasteiger charge is 2.13. The third-order valence-electron chi connectivity index (χ3n) is 2.83. The van der Waals surface area contributed by atoms with Gasteiger partial charge in [0.15, 0.2) is 0 Å². The molecule has 1 aromatic rings. The van der Waals surface area contributed by atoms with Crippen LogP contribution in [0.2, 0.25) is 0 Å². The molecule has 0 unspecified atom stereocenters. The van der Waals surface area contributed by atoms with Crippen molar-refractivity contribution in [2.45, 2.75) is 6.54 Å². The Balaban J connectivity index is 2.59.